The van der Waals surface area contributed by atoms with E-state index in [1.807, 2.05) is 11.8 Å². The number of rotatable bonds is 3. The van der Waals surface area contributed by atoms with Crippen molar-refractivity contribution in [1.29, 1.82) is 5.26 Å². The van der Waals surface area contributed by atoms with Gasteiger partial charge in [-0.05, 0) is 25.7 Å². The van der Waals surface area contributed by atoms with Gasteiger partial charge in [-0.25, -0.2) is 4.79 Å². The second-order valence-corrected chi connectivity index (χ2v) is 4.44. The molecule has 1 fully saturated rings. The zero-order valence-electron chi connectivity index (χ0n) is 10.3. The van der Waals surface area contributed by atoms with E-state index in [2.05, 4.69) is 13.0 Å². The quantitative estimate of drug-likeness (QED) is 0.735. The molecule has 0 aromatic rings. The molecule has 0 aliphatic carbocycles. The maximum atomic E-state index is 12.1. The minimum absolute atomic E-state index is 0.102. The monoisotopic (exact) mass is 223 g/mol. The highest BCUT2D eigenvalue weighted by Gasteiger charge is 2.23. The van der Waals surface area contributed by atoms with Gasteiger partial charge in [-0.3, -0.25) is 0 Å². The van der Waals surface area contributed by atoms with Crippen LogP contribution < -0.4 is 0 Å². The summed E-state index contributed by atoms with van der Waals surface area (Å²) >= 11 is 0. The van der Waals surface area contributed by atoms with Gasteiger partial charge < -0.3 is 9.80 Å². The lowest BCUT2D eigenvalue weighted by molar-refractivity contribution is 0.137. The fraction of sp³-hybridized carbons (Fsp3) is 0.833. The molecule has 1 aliphatic rings. The maximum absolute atomic E-state index is 12.1. The third-order valence-electron chi connectivity index (χ3n) is 3.20. The van der Waals surface area contributed by atoms with Gasteiger partial charge in [0, 0.05) is 26.2 Å². The summed E-state index contributed by atoms with van der Waals surface area (Å²) in [5.74, 6) is 0.734. The van der Waals surface area contributed by atoms with Crippen LogP contribution in [0.4, 0.5) is 4.79 Å². The summed E-state index contributed by atoms with van der Waals surface area (Å²) in [6, 6.07) is 2.19. The smallest absolute Gasteiger partial charge is 0.320 e. The van der Waals surface area contributed by atoms with Crippen LogP contribution in [0.2, 0.25) is 0 Å². The van der Waals surface area contributed by atoms with E-state index in [0.717, 1.165) is 31.8 Å². The number of carbonyl (C=O) groups is 1. The van der Waals surface area contributed by atoms with E-state index in [9.17, 15) is 4.79 Å². The Hall–Kier alpha value is -1.24. The van der Waals surface area contributed by atoms with E-state index in [0.29, 0.717) is 19.5 Å². The Morgan fingerprint density at radius 1 is 1.50 bits per heavy atom. The minimum Gasteiger partial charge on any atom is -0.325 e. The van der Waals surface area contributed by atoms with Gasteiger partial charge in [-0.15, -0.1) is 0 Å². The third kappa shape index (κ3) is 3.41. The van der Waals surface area contributed by atoms with Crippen molar-refractivity contribution < 1.29 is 4.79 Å². The number of hydrogen-bond donors (Lipinski definition) is 0. The summed E-state index contributed by atoms with van der Waals surface area (Å²) in [5, 5.41) is 8.54. The van der Waals surface area contributed by atoms with Crippen molar-refractivity contribution in [2.75, 3.05) is 26.2 Å². The molecular weight excluding hydrogens is 202 g/mol. The van der Waals surface area contributed by atoms with Crippen molar-refractivity contribution in [3.05, 3.63) is 0 Å². The van der Waals surface area contributed by atoms with Crippen molar-refractivity contribution >= 4 is 6.03 Å². The second kappa shape index (κ2) is 6.37. The predicted octanol–water partition coefficient (Wildman–Crippen LogP) is 2.07. The van der Waals surface area contributed by atoms with E-state index in [-0.39, 0.29) is 6.03 Å². The fourth-order valence-corrected chi connectivity index (χ4v) is 1.97. The van der Waals surface area contributed by atoms with E-state index in [4.69, 9.17) is 5.26 Å². The molecule has 1 heterocycles. The molecule has 1 rings (SSSR count). The lowest BCUT2D eigenvalue weighted by atomic mass is 9.99. The van der Waals surface area contributed by atoms with Crippen molar-refractivity contribution in [1.82, 2.24) is 9.80 Å². The molecule has 0 aromatic heterocycles. The Morgan fingerprint density at radius 3 is 2.62 bits per heavy atom. The number of urea groups is 1. The van der Waals surface area contributed by atoms with Crippen molar-refractivity contribution in [3.8, 4) is 6.07 Å². The lowest BCUT2D eigenvalue weighted by Crippen LogP contribution is -2.46. The topological polar surface area (TPSA) is 47.3 Å². The van der Waals surface area contributed by atoms with E-state index < -0.39 is 0 Å². The Labute approximate surface area is 97.8 Å². The van der Waals surface area contributed by atoms with Crippen molar-refractivity contribution in [3.63, 3.8) is 0 Å². The molecule has 0 radical (unpaired) electrons. The number of piperidine rings is 1. The van der Waals surface area contributed by atoms with Gasteiger partial charge in [0.2, 0.25) is 0 Å². The minimum atomic E-state index is 0.102. The number of carbonyl (C=O) groups excluding carboxylic acids is 1. The fourth-order valence-electron chi connectivity index (χ4n) is 1.97. The molecule has 0 spiro atoms. The Morgan fingerprint density at radius 2 is 2.12 bits per heavy atom. The maximum Gasteiger partial charge on any atom is 0.320 e. The number of likely N-dealkylation sites (tertiary alicyclic amines) is 1. The molecule has 0 atom stereocenters. The van der Waals surface area contributed by atoms with Crippen LogP contribution in [0.3, 0.4) is 0 Å². The zero-order chi connectivity index (χ0) is 12.0. The summed E-state index contributed by atoms with van der Waals surface area (Å²) in [4.78, 5) is 15.8. The van der Waals surface area contributed by atoms with Crippen LogP contribution in [0, 0.1) is 17.2 Å². The van der Waals surface area contributed by atoms with E-state index in [1.165, 1.54) is 0 Å². The van der Waals surface area contributed by atoms with Crippen molar-refractivity contribution in [2.45, 2.75) is 33.1 Å². The molecule has 1 aliphatic heterocycles. The largest absolute Gasteiger partial charge is 0.325 e. The molecule has 1 saturated heterocycles. The summed E-state index contributed by atoms with van der Waals surface area (Å²) in [7, 11) is 0. The summed E-state index contributed by atoms with van der Waals surface area (Å²) in [5.41, 5.74) is 0. The zero-order valence-corrected chi connectivity index (χ0v) is 10.3. The van der Waals surface area contributed by atoms with Crippen LogP contribution in [0.5, 0.6) is 0 Å². The number of amides is 2. The molecule has 0 bridgehead atoms. The first kappa shape index (κ1) is 12.8. The van der Waals surface area contributed by atoms with Gasteiger partial charge in [0.1, 0.15) is 0 Å². The normalized spacial score (nSPS) is 16.9. The van der Waals surface area contributed by atoms with Gasteiger partial charge in [0.05, 0.1) is 12.5 Å². The molecule has 2 amide bonds. The first-order valence-electron chi connectivity index (χ1n) is 6.09. The molecule has 16 heavy (non-hydrogen) atoms. The van der Waals surface area contributed by atoms with Crippen LogP contribution in [0.1, 0.15) is 33.1 Å². The Bertz CT molecular complexity index is 264. The average molecular weight is 223 g/mol. The van der Waals surface area contributed by atoms with Gasteiger partial charge in [-0.2, -0.15) is 5.26 Å². The first-order chi connectivity index (χ1) is 7.69. The summed E-state index contributed by atoms with van der Waals surface area (Å²) in [6.45, 7) is 7.16. The Balaban J connectivity index is 2.45. The lowest BCUT2D eigenvalue weighted by Gasteiger charge is -2.34. The molecule has 4 heteroatoms. The van der Waals surface area contributed by atoms with Gasteiger partial charge in [0.15, 0.2) is 0 Å². The second-order valence-electron chi connectivity index (χ2n) is 4.44. The SMILES string of the molecule is CCN(CCC#N)C(=O)N1CCC(C)CC1. The number of hydrogen-bond acceptors (Lipinski definition) is 2. The van der Waals surface area contributed by atoms with Gasteiger partial charge >= 0.3 is 6.03 Å². The van der Waals surface area contributed by atoms with Crippen LogP contribution in [-0.4, -0.2) is 42.0 Å². The van der Waals surface area contributed by atoms with Crippen LogP contribution in [0.15, 0.2) is 0 Å². The third-order valence-corrected chi connectivity index (χ3v) is 3.20. The molecule has 0 unspecified atom stereocenters. The van der Waals surface area contributed by atoms with E-state index >= 15 is 0 Å². The predicted molar refractivity (Wildman–Crippen MR) is 62.8 cm³/mol. The molecular formula is C12H21N3O. The average Bonchev–Trinajstić information content (AvgIpc) is 2.30. The first-order valence-corrected chi connectivity index (χ1v) is 6.09. The Kier molecular flexibility index (Phi) is 5.10. The van der Waals surface area contributed by atoms with Crippen LogP contribution >= 0.6 is 0 Å². The summed E-state index contributed by atoms with van der Waals surface area (Å²) < 4.78 is 0. The highest BCUT2D eigenvalue weighted by molar-refractivity contribution is 5.74. The standard InChI is InChI=1S/C12H21N3O/c1-3-14(8-4-7-13)12(16)15-9-5-11(2)6-10-15/h11H,3-6,8-10H2,1-2H3. The van der Waals surface area contributed by atoms with Gasteiger partial charge in [0.25, 0.3) is 0 Å². The van der Waals surface area contributed by atoms with Crippen LogP contribution in [0.25, 0.3) is 0 Å². The van der Waals surface area contributed by atoms with Crippen molar-refractivity contribution in [2.24, 2.45) is 5.92 Å². The molecule has 4 nitrogen and oxygen atoms in total. The highest BCUT2D eigenvalue weighted by Crippen LogP contribution is 2.17. The van der Waals surface area contributed by atoms with Gasteiger partial charge in [-0.1, -0.05) is 6.92 Å². The summed E-state index contributed by atoms with van der Waals surface area (Å²) in [6.07, 6.45) is 2.62. The van der Waals surface area contributed by atoms with Crippen LogP contribution in [-0.2, 0) is 0 Å². The molecule has 0 N–H and O–H groups in total. The molecule has 90 valence electrons. The molecule has 0 aromatic carbocycles. The molecule has 0 saturated carbocycles. The highest BCUT2D eigenvalue weighted by atomic mass is 16.2. The van der Waals surface area contributed by atoms with E-state index in [1.54, 1.807) is 4.90 Å². The number of nitriles is 1. The number of nitrogens with zero attached hydrogens (tertiary/aromatic N) is 3.